The molecular formula is C39H77N3O10. The van der Waals surface area contributed by atoms with Crippen LogP contribution >= 0.6 is 0 Å². The van der Waals surface area contributed by atoms with Crippen LogP contribution in [0.4, 0.5) is 0 Å². The minimum Gasteiger partial charge on any atom is -0.550 e. The van der Waals surface area contributed by atoms with E-state index in [1.54, 1.807) is 14.7 Å². The van der Waals surface area contributed by atoms with Gasteiger partial charge in [0.15, 0.2) is 0 Å². The third-order valence-electron chi connectivity index (χ3n) is 9.75. The number of carboxylic acid groups (broad SMARTS) is 3. The highest BCUT2D eigenvalue weighted by atomic mass is 16.5. The number of unbranched alkanes of at least 4 members (excludes halogenated alkanes) is 12. The summed E-state index contributed by atoms with van der Waals surface area (Å²) in [5.41, 5.74) is -2.97. The predicted molar refractivity (Wildman–Crippen MR) is 195 cm³/mol. The van der Waals surface area contributed by atoms with Crippen molar-refractivity contribution in [2.45, 2.75) is 136 Å². The molecule has 3 rings (SSSR count). The molecule has 3 saturated heterocycles. The van der Waals surface area contributed by atoms with Crippen molar-refractivity contribution >= 4 is 17.9 Å². The van der Waals surface area contributed by atoms with E-state index in [4.69, 9.17) is 19.3 Å². The minimum atomic E-state index is -2.97. The molecule has 3 aliphatic rings. The van der Waals surface area contributed by atoms with Crippen LogP contribution in [0.1, 0.15) is 130 Å². The lowest BCUT2D eigenvalue weighted by Crippen LogP contribution is -3.14. The van der Waals surface area contributed by atoms with E-state index in [1.807, 2.05) is 0 Å². The first-order valence-corrected chi connectivity index (χ1v) is 20.6. The molecule has 3 aliphatic heterocycles. The average molecular weight is 748 g/mol. The van der Waals surface area contributed by atoms with Gasteiger partial charge in [-0.1, -0.05) is 78.6 Å². The molecule has 0 bridgehead atoms. The lowest BCUT2D eigenvalue weighted by Gasteiger charge is -2.29. The molecule has 13 heteroatoms. The largest absolute Gasteiger partial charge is 0.550 e. The molecule has 308 valence electrons. The van der Waals surface area contributed by atoms with Crippen molar-refractivity contribution in [1.29, 1.82) is 0 Å². The van der Waals surface area contributed by atoms with Gasteiger partial charge in [-0.05, 0) is 38.5 Å². The molecule has 3 heterocycles. The lowest BCUT2D eigenvalue weighted by molar-refractivity contribution is -0.908. The Morgan fingerprint density at radius 2 is 0.731 bits per heavy atom. The zero-order chi connectivity index (χ0) is 38.7. The quantitative estimate of drug-likeness (QED) is 0.0808. The van der Waals surface area contributed by atoms with E-state index in [0.29, 0.717) is 0 Å². The number of carbonyl (C=O) groups is 3. The van der Waals surface area contributed by atoms with Gasteiger partial charge in [-0.25, -0.2) is 0 Å². The summed E-state index contributed by atoms with van der Waals surface area (Å²) in [6.07, 6.45) is 18.4. The summed E-state index contributed by atoms with van der Waals surface area (Å²) in [5, 5.41) is 38.9. The van der Waals surface area contributed by atoms with Crippen molar-refractivity contribution in [3.05, 3.63) is 0 Å². The van der Waals surface area contributed by atoms with Crippen LogP contribution in [-0.2, 0) is 28.6 Å². The molecule has 0 atom stereocenters. The van der Waals surface area contributed by atoms with Crippen LogP contribution in [0.15, 0.2) is 0 Å². The second-order valence-electron chi connectivity index (χ2n) is 14.5. The van der Waals surface area contributed by atoms with E-state index >= 15 is 0 Å². The number of aliphatic carboxylic acids is 3. The number of aliphatic hydroxyl groups is 1. The van der Waals surface area contributed by atoms with Crippen molar-refractivity contribution in [2.24, 2.45) is 0 Å². The van der Waals surface area contributed by atoms with Crippen LogP contribution in [0.5, 0.6) is 0 Å². The van der Waals surface area contributed by atoms with Gasteiger partial charge in [0.1, 0.15) is 44.9 Å². The molecule has 0 saturated carbocycles. The van der Waals surface area contributed by atoms with Crippen LogP contribution in [0.2, 0.25) is 0 Å². The molecule has 13 nitrogen and oxygen atoms in total. The van der Waals surface area contributed by atoms with E-state index in [2.05, 4.69) is 20.8 Å². The smallest absolute Gasteiger partial charge is 0.114 e. The molecule has 52 heavy (non-hydrogen) atoms. The van der Waals surface area contributed by atoms with Gasteiger partial charge in [0.25, 0.3) is 0 Å². The van der Waals surface area contributed by atoms with E-state index in [0.717, 1.165) is 39.6 Å². The van der Waals surface area contributed by atoms with Crippen molar-refractivity contribution in [3.8, 4) is 0 Å². The summed E-state index contributed by atoms with van der Waals surface area (Å²) in [7, 11) is 0. The predicted octanol–water partition coefficient (Wildman–Crippen LogP) is -2.64. The van der Waals surface area contributed by atoms with Crippen molar-refractivity contribution in [3.63, 3.8) is 0 Å². The summed E-state index contributed by atoms with van der Waals surface area (Å²) < 4.78 is 16.0. The fourth-order valence-corrected chi connectivity index (χ4v) is 6.35. The molecule has 0 radical (unpaired) electrons. The number of morpholine rings is 3. The van der Waals surface area contributed by atoms with Gasteiger partial charge in [-0.3, -0.25) is 0 Å². The van der Waals surface area contributed by atoms with Crippen molar-refractivity contribution < 1.29 is 63.7 Å². The van der Waals surface area contributed by atoms with Gasteiger partial charge in [0.2, 0.25) is 0 Å². The second-order valence-corrected chi connectivity index (χ2v) is 14.5. The van der Waals surface area contributed by atoms with Gasteiger partial charge in [-0.15, -0.1) is 0 Å². The molecule has 0 spiro atoms. The number of carboxylic acids is 3. The van der Waals surface area contributed by atoms with Gasteiger partial charge in [-0.2, -0.15) is 0 Å². The van der Waals surface area contributed by atoms with E-state index in [-0.39, 0.29) is 0 Å². The molecule has 0 unspecified atom stereocenters. The molecule has 0 aromatic carbocycles. The molecule has 0 aromatic rings. The number of carbonyl (C=O) groups excluding carboxylic acids is 3. The normalized spacial score (nSPS) is 17.1. The zero-order valence-corrected chi connectivity index (χ0v) is 33.2. The maximum absolute atomic E-state index is 10.1. The van der Waals surface area contributed by atoms with Gasteiger partial charge in [0, 0.05) is 24.8 Å². The summed E-state index contributed by atoms with van der Waals surface area (Å²) in [6.45, 7) is 24.2. The lowest BCUT2D eigenvalue weighted by atomic mass is 9.96. The number of rotatable bonds is 23. The topological polar surface area (TPSA) is 182 Å². The standard InChI is InChI=1S/3C11H23NO.C6H8O7/c3*1-2-3-4-5-6-7-12-8-10-13-11-9-12;7-3(8)1-6(13,5(11)12)2-4(9)10/h3*2-11H2,1H3;13H,1-2H2,(H,7,8)(H,9,10)(H,11,12). The summed E-state index contributed by atoms with van der Waals surface area (Å²) in [5.74, 6) is -5.98. The molecule has 3 fully saturated rings. The molecule has 4 N–H and O–H groups in total. The van der Waals surface area contributed by atoms with Crippen LogP contribution in [0.3, 0.4) is 0 Å². The molecule has 0 aliphatic carbocycles. The van der Waals surface area contributed by atoms with Crippen LogP contribution in [-0.4, -0.2) is 127 Å². The Morgan fingerprint density at radius 1 is 0.481 bits per heavy atom. The highest BCUT2D eigenvalue weighted by Gasteiger charge is 2.29. The highest BCUT2D eigenvalue weighted by molar-refractivity contribution is 5.86. The van der Waals surface area contributed by atoms with Crippen LogP contribution < -0.4 is 30.0 Å². The Morgan fingerprint density at radius 3 is 0.942 bits per heavy atom. The first-order chi connectivity index (χ1) is 25.1. The fourth-order valence-electron chi connectivity index (χ4n) is 6.35. The molecular weight excluding hydrogens is 670 g/mol. The van der Waals surface area contributed by atoms with Crippen molar-refractivity contribution in [2.75, 3.05) is 98.5 Å². The third-order valence-corrected chi connectivity index (χ3v) is 9.75. The number of nitrogens with one attached hydrogen (secondary N) is 3. The Kier molecular flexibility index (Phi) is 33.6. The second kappa shape index (κ2) is 34.9. The van der Waals surface area contributed by atoms with Crippen LogP contribution in [0.25, 0.3) is 0 Å². The Balaban J connectivity index is 0.000000667. The van der Waals surface area contributed by atoms with Crippen LogP contribution in [0, 0.1) is 0 Å². The number of quaternary nitrogens is 3. The van der Waals surface area contributed by atoms with E-state index < -0.39 is 36.4 Å². The van der Waals surface area contributed by atoms with E-state index in [9.17, 15) is 29.7 Å². The summed E-state index contributed by atoms with van der Waals surface area (Å²) in [4.78, 5) is 35.3. The van der Waals surface area contributed by atoms with Gasteiger partial charge < -0.3 is 63.7 Å². The summed E-state index contributed by atoms with van der Waals surface area (Å²) in [6, 6.07) is 0. The van der Waals surface area contributed by atoms with Gasteiger partial charge >= 0.3 is 0 Å². The Bertz CT molecular complexity index is 766. The highest BCUT2D eigenvalue weighted by Crippen LogP contribution is 2.13. The van der Waals surface area contributed by atoms with Crippen molar-refractivity contribution in [1.82, 2.24) is 0 Å². The number of ether oxygens (including phenoxy) is 3. The average Bonchev–Trinajstić information content (AvgIpc) is 3.13. The molecule has 0 aromatic heterocycles. The Labute approximate surface area is 315 Å². The van der Waals surface area contributed by atoms with Gasteiger partial charge in [0.05, 0.1) is 65.2 Å². The maximum atomic E-state index is 10.1. The molecule has 0 amide bonds. The number of hydrogen-bond donors (Lipinski definition) is 4. The fraction of sp³-hybridized carbons (Fsp3) is 0.923. The third kappa shape index (κ3) is 30.6. The SMILES string of the molecule is CCCCCCC[NH+]1CCOCC1.CCCCCCC[NH+]1CCOCC1.CCCCCCC[NH+]1CCOCC1.O=C([O-])CC(O)(CC(=O)[O-])C(=O)[O-]. The zero-order valence-electron chi connectivity index (χ0n) is 33.2. The monoisotopic (exact) mass is 748 g/mol. The first kappa shape index (κ1) is 50.1. The maximum Gasteiger partial charge on any atom is 0.114 e. The number of hydrogen-bond acceptors (Lipinski definition) is 10. The first-order valence-electron chi connectivity index (χ1n) is 20.6. The Hall–Kier alpha value is -1.87. The minimum absolute atomic E-state index is 0.976. The summed E-state index contributed by atoms with van der Waals surface area (Å²) >= 11 is 0. The van der Waals surface area contributed by atoms with E-state index in [1.165, 1.54) is 155 Å².